The molecule has 0 aliphatic rings. The van der Waals surface area contributed by atoms with Crippen molar-refractivity contribution in [2.75, 3.05) is 31.1 Å². The Morgan fingerprint density at radius 3 is 2.52 bits per heavy atom. The summed E-state index contributed by atoms with van der Waals surface area (Å²) < 4.78 is 2.75. The Hall–Kier alpha value is -1.96. The summed E-state index contributed by atoms with van der Waals surface area (Å²) in [6, 6.07) is 7.88. The van der Waals surface area contributed by atoms with Crippen LogP contribution in [0.15, 0.2) is 30.5 Å². The Morgan fingerprint density at radius 1 is 1.19 bits per heavy atom. The van der Waals surface area contributed by atoms with Crippen molar-refractivity contribution >= 4 is 45.0 Å². The summed E-state index contributed by atoms with van der Waals surface area (Å²) in [4.78, 5) is 21.9. The van der Waals surface area contributed by atoms with Gasteiger partial charge in [-0.15, -0.1) is 12.4 Å². The fourth-order valence-corrected chi connectivity index (χ4v) is 3.99. The molecule has 0 aliphatic carbocycles. The van der Waals surface area contributed by atoms with Crippen molar-refractivity contribution in [3.63, 3.8) is 0 Å². The molecular weight excluding hydrogens is 382 g/mol. The van der Waals surface area contributed by atoms with Crippen molar-refractivity contribution in [2.24, 2.45) is 7.05 Å². The van der Waals surface area contributed by atoms with Gasteiger partial charge in [0.25, 0.3) is 5.91 Å². The Labute approximate surface area is 170 Å². The number of amides is 1. The lowest BCUT2D eigenvalue weighted by Crippen LogP contribution is -2.39. The highest BCUT2D eigenvalue weighted by Gasteiger charge is 2.23. The third-order valence-electron chi connectivity index (χ3n) is 4.55. The summed E-state index contributed by atoms with van der Waals surface area (Å²) in [6.45, 7) is 9.64. The number of para-hydroxylation sites is 1. The van der Waals surface area contributed by atoms with Crippen LogP contribution in [-0.4, -0.2) is 51.8 Å². The molecule has 2 heterocycles. The number of thiazole rings is 1. The first-order valence-corrected chi connectivity index (χ1v) is 9.75. The van der Waals surface area contributed by atoms with E-state index in [0.29, 0.717) is 12.2 Å². The zero-order valence-corrected chi connectivity index (χ0v) is 17.8. The van der Waals surface area contributed by atoms with Gasteiger partial charge in [-0.1, -0.05) is 37.3 Å². The van der Waals surface area contributed by atoms with E-state index >= 15 is 0 Å². The van der Waals surface area contributed by atoms with Crippen LogP contribution in [0, 0.1) is 6.92 Å². The van der Waals surface area contributed by atoms with Gasteiger partial charge in [-0.25, -0.2) is 4.98 Å². The van der Waals surface area contributed by atoms with E-state index in [9.17, 15) is 4.79 Å². The van der Waals surface area contributed by atoms with Gasteiger partial charge in [0.1, 0.15) is 0 Å². The molecule has 3 rings (SSSR count). The minimum Gasteiger partial charge on any atom is -0.302 e. The number of benzene rings is 1. The molecule has 0 radical (unpaired) electrons. The number of rotatable bonds is 7. The van der Waals surface area contributed by atoms with Crippen molar-refractivity contribution < 1.29 is 4.79 Å². The summed E-state index contributed by atoms with van der Waals surface area (Å²) in [5.74, 6) is -0.102. The van der Waals surface area contributed by atoms with Crippen LogP contribution >= 0.6 is 23.7 Å². The Morgan fingerprint density at radius 2 is 1.93 bits per heavy atom. The van der Waals surface area contributed by atoms with Crippen molar-refractivity contribution in [3.05, 3.63) is 41.7 Å². The van der Waals surface area contributed by atoms with Crippen LogP contribution in [0.1, 0.15) is 29.9 Å². The molecule has 0 saturated carbocycles. The smallest absolute Gasteiger partial charge is 0.280 e. The standard InChI is InChI=1S/C19H25N5OS.ClH/c1-5-23(6-2)12-13-24(18(25)15-10-11-22(4)21-15)19-20-17-14(3)8-7-9-16(17)26-19;/h7-11H,5-6,12-13H2,1-4H3;1H. The number of fused-ring (bicyclic) bond motifs is 1. The first-order valence-electron chi connectivity index (χ1n) is 8.93. The van der Waals surface area contributed by atoms with E-state index in [1.54, 1.807) is 33.2 Å². The molecule has 2 aromatic heterocycles. The molecule has 0 saturated heterocycles. The van der Waals surface area contributed by atoms with Gasteiger partial charge in [0, 0.05) is 26.3 Å². The van der Waals surface area contributed by atoms with Gasteiger partial charge in [-0.2, -0.15) is 5.10 Å². The van der Waals surface area contributed by atoms with E-state index in [2.05, 4.69) is 29.9 Å². The predicted molar refractivity (Wildman–Crippen MR) is 114 cm³/mol. The van der Waals surface area contributed by atoms with Crippen LogP contribution in [0.25, 0.3) is 10.2 Å². The van der Waals surface area contributed by atoms with Crippen LogP contribution in [-0.2, 0) is 7.05 Å². The van der Waals surface area contributed by atoms with E-state index in [0.717, 1.165) is 40.5 Å². The zero-order chi connectivity index (χ0) is 18.7. The number of hydrogen-bond donors (Lipinski definition) is 0. The minimum absolute atomic E-state index is 0. The van der Waals surface area contributed by atoms with Gasteiger partial charge in [-0.3, -0.25) is 14.4 Å². The molecule has 0 fully saturated rings. The normalized spacial score (nSPS) is 11.0. The fraction of sp³-hybridized carbons (Fsp3) is 0.421. The van der Waals surface area contributed by atoms with E-state index in [-0.39, 0.29) is 18.3 Å². The summed E-state index contributed by atoms with van der Waals surface area (Å²) >= 11 is 1.56. The molecule has 1 amide bonds. The monoisotopic (exact) mass is 407 g/mol. The highest BCUT2D eigenvalue weighted by Crippen LogP contribution is 2.31. The molecule has 8 heteroatoms. The Balaban J connectivity index is 0.00000261. The fourth-order valence-electron chi connectivity index (χ4n) is 2.92. The van der Waals surface area contributed by atoms with Crippen LogP contribution in [0.3, 0.4) is 0 Å². The maximum absolute atomic E-state index is 13.1. The molecule has 0 unspecified atom stereocenters. The van der Waals surface area contributed by atoms with Crippen LogP contribution in [0.2, 0.25) is 0 Å². The first kappa shape index (κ1) is 21.3. The molecular formula is C19H26ClN5OS. The third kappa shape index (κ3) is 4.66. The lowest BCUT2D eigenvalue weighted by atomic mass is 10.2. The average Bonchev–Trinajstić information content (AvgIpc) is 3.25. The molecule has 6 nitrogen and oxygen atoms in total. The third-order valence-corrected chi connectivity index (χ3v) is 5.60. The SMILES string of the molecule is CCN(CC)CCN(C(=O)c1ccn(C)n1)c1nc2c(C)cccc2s1.Cl. The van der Waals surface area contributed by atoms with E-state index in [1.165, 1.54) is 0 Å². The molecule has 0 spiro atoms. The second-order valence-electron chi connectivity index (χ2n) is 6.28. The van der Waals surface area contributed by atoms with Crippen LogP contribution in [0.4, 0.5) is 5.13 Å². The summed E-state index contributed by atoms with van der Waals surface area (Å²) in [5.41, 5.74) is 2.54. The van der Waals surface area contributed by atoms with Crippen molar-refractivity contribution in [3.8, 4) is 0 Å². The lowest BCUT2D eigenvalue weighted by Gasteiger charge is -2.24. The lowest BCUT2D eigenvalue weighted by molar-refractivity contribution is 0.0978. The quantitative estimate of drug-likeness (QED) is 0.598. The average molecular weight is 408 g/mol. The van der Waals surface area contributed by atoms with Crippen LogP contribution < -0.4 is 4.90 Å². The van der Waals surface area contributed by atoms with Gasteiger partial charge in [0.15, 0.2) is 10.8 Å². The molecule has 0 bridgehead atoms. The number of carbonyl (C=O) groups is 1. The number of aryl methyl sites for hydroxylation is 2. The molecule has 0 aliphatic heterocycles. The van der Waals surface area contributed by atoms with Gasteiger partial charge in [-0.05, 0) is 37.7 Å². The summed E-state index contributed by atoms with van der Waals surface area (Å²) in [5, 5.41) is 5.02. The zero-order valence-electron chi connectivity index (χ0n) is 16.2. The molecule has 0 N–H and O–H groups in total. The van der Waals surface area contributed by atoms with Crippen molar-refractivity contribution in [1.29, 1.82) is 0 Å². The van der Waals surface area contributed by atoms with Crippen LogP contribution in [0.5, 0.6) is 0 Å². The number of carbonyl (C=O) groups excluding carboxylic acids is 1. The maximum Gasteiger partial charge on any atom is 0.280 e. The topological polar surface area (TPSA) is 54.3 Å². The number of halogens is 1. The number of anilines is 1. The van der Waals surface area contributed by atoms with Gasteiger partial charge in [0.2, 0.25) is 0 Å². The second kappa shape index (κ2) is 9.30. The number of aromatic nitrogens is 3. The number of hydrogen-bond acceptors (Lipinski definition) is 5. The molecule has 1 aromatic carbocycles. The summed E-state index contributed by atoms with van der Waals surface area (Å²) in [7, 11) is 1.82. The van der Waals surface area contributed by atoms with Gasteiger partial charge < -0.3 is 4.90 Å². The largest absolute Gasteiger partial charge is 0.302 e. The molecule has 0 atom stereocenters. The highest BCUT2D eigenvalue weighted by molar-refractivity contribution is 7.22. The predicted octanol–water partition coefficient (Wildman–Crippen LogP) is 3.75. The van der Waals surface area contributed by atoms with E-state index in [1.807, 2.05) is 26.1 Å². The summed E-state index contributed by atoms with van der Waals surface area (Å²) in [6.07, 6.45) is 1.79. The van der Waals surface area contributed by atoms with E-state index < -0.39 is 0 Å². The Bertz CT molecular complexity index is 903. The second-order valence-corrected chi connectivity index (χ2v) is 7.29. The van der Waals surface area contributed by atoms with Crippen molar-refractivity contribution in [2.45, 2.75) is 20.8 Å². The minimum atomic E-state index is -0.102. The maximum atomic E-state index is 13.1. The van der Waals surface area contributed by atoms with Crippen molar-refractivity contribution in [1.82, 2.24) is 19.7 Å². The molecule has 3 aromatic rings. The highest BCUT2D eigenvalue weighted by atomic mass is 35.5. The molecule has 27 heavy (non-hydrogen) atoms. The van der Waals surface area contributed by atoms with Gasteiger partial charge >= 0.3 is 0 Å². The molecule has 146 valence electrons. The first-order chi connectivity index (χ1) is 12.5. The number of nitrogens with zero attached hydrogens (tertiary/aromatic N) is 5. The van der Waals surface area contributed by atoms with E-state index in [4.69, 9.17) is 4.98 Å². The number of likely N-dealkylation sites (N-methyl/N-ethyl adjacent to an activating group) is 1. The van der Waals surface area contributed by atoms with Gasteiger partial charge in [0.05, 0.1) is 10.2 Å². The Kier molecular flexibility index (Phi) is 7.35.